The number of piperidine rings is 1. The van der Waals surface area contributed by atoms with Gasteiger partial charge in [-0.1, -0.05) is 0 Å². The van der Waals surface area contributed by atoms with Gasteiger partial charge >= 0.3 is 73.4 Å². The molecule has 0 amide bonds. The average molecular weight is 252 g/mol. The van der Waals surface area contributed by atoms with Crippen molar-refractivity contribution in [3.05, 3.63) is 0 Å². The van der Waals surface area contributed by atoms with Crippen LogP contribution in [0.4, 0.5) is 0 Å². The third-order valence-corrected chi connectivity index (χ3v) is 6.92. The van der Waals surface area contributed by atoms with E-state index in [1.807, 2.05) is 0 Å². The zero-order valence-electron chi connectivity index (χ0n) is 6.57. The van der Waals surface area contributed by atoms with Gasteiger partial charge in [0, 0.05) is 0 Å². The van der Waals surface area contributed by atoms with E-state index in [1.165, 1.54) is 25.9 Å². The van der Waals surface area contributed by atoms with Gasteiger partial charge in [0.2, 0.25) is 0 Å². The quantitative estimate of drug-likeness (QED) is 0.349. The van der Waals surface area contributed by atoms with Gasteiger partial charge in [0.15, 0.2) is 0 Å². The van der Waals surface area contributed by atoms with Crippen molar-refractivity contribution in [1.29, 1.82) is 0 Å². The first-order chi connectivity index (χ1) is 4.81. The molecule has 1 spiro atoms. The Labute approximate surface area is 73.4 Å². The molecule has 2 aliphatic heterocycles. The van der Waals surface area contributed by atoms with Crippen LogP contribution in [0.15, 0.2) is 0 Å². The summed E-state index contributed by atoms with van der Waals surface area (Å²) in [7, 11) is 2.28. The molecule has 0 aromatic heterocycles. The number of hydrogen-bond acceptors (Lipinski definition) is 1. The second-order valence-electron chi connectivity index (χ2n) is 3.80. The fraction of sp³-hybridized carbons (Fsp3) is 1.00. The molecule has 0 radical (unpaired) electrons. The molecule has 10 heavy (non-hydrogen) atoms. The van der Waals surface area contributed by atoms with E-state index in [9.17, 15) is 0 Å². The Morgan fingerprint density at radius 3 is 2.60 bits per heavy atom. The fourth-order valence-corrected chi connectivity index (χ4v) is 5.34. The number of halogens is 1. The second kappa shape index (κ2) is 2.63. The standard InChI is InChI=1S/C8H15IN/c1-10-4-2-3-8(7-10)5-9-6-8/h2-7H2,1H3/q-1. The minimum atomic E-state index is 0.670. The molecular formula is C8H15IN-. The molecule has 0 aromatic rings. The van der Waals surface area contributed by atoms with E-state index >= 15 is 0 Å². The van der Waals surface area contributed by atoms with Gasteiger partial charge in [-0.3, -0.25) is 0 Å². The van der Waals surface area contributed by atoms with Crippen molar-refractivity contribution in [3.63, 3.8) is 0 Å². The molecule has 0 bridgehead atoms. The van der Waals surface area contributed by atoms with Crippen LogP contribution in [0.3, 0.4) is 0 Å². The predicted octanol–water partition coefficient (Wildman–Crippen LogP) is -2.20. The van der Waals surface area contributed by atoms with E-state index < -0.39 is 0 Å². The average Bonchev–Trinajstić information content (AvgIpc) is 1.85. The van der Waals surface area contributed by atoms with Crippen molar-refractivity contribution in [2.24, 2.45) is 5.41 Å². The number of rotatable bonds is 0. The van der Waals surface area contributed by atoms with Gasteiger partial charge in [0.05, 0.1) is 0 Å². The van der Waals surface area contributed by atoms with E-state index in [1.54, 1.807) is 8.86 Å². The van der Waals surface area contributed by atoms with E-state index in [2.05, 4.69) is 11.9 Å². The molecule has 0 N–H and O–H groups in total. The third-order valence-electron chi connectivity index (χ3n) is 2.61. The molecule has 2 rings (SSSR count). The van der Waals surface area contributed by atoms with Gasteiger partial charge in [-0.15, -0.1) is 0 Å². The molecule has 60 valence electrons. The van der Waals surface area contributed by atoms with E-state index in [-0.39, 0.29) is 0 Å². The third kappa shape index (κ3) is 1.20. The maximum atomic E-state index is 2.52. The molecular weight excluding hydrogens is 237 g/mol. The van der Waals surface area contributed by atoms with Gasteiger partial charge < -0.3 is 0 Å². The molecule has 2 fully saturated rings. The summed E-state index contributed by atoms with van der Waals surface area (Å²) in [6.45, 7) is 2.76. The monoisotopic (exact) mass is 252 g/mol. The molecule has 0 unspecified atom stereocenters. The summed E-state index contributed by atoms with van der Waals surface area (Å²) in [6, 6.07) is 0. The molecule has 1 nitrogen and oxygen atoms in total. The summed E-state index contributed by atoms with van der Waals surface area (Å²) < 4.78 is 3.24. The van der Waals surface area contributed by atoms with Crippen molar-refractivity contribution in [3.8, 4) is 0 Å². The Morgan fingerprint density at radius 1 is 1.40 bits per heavy atom. The summed E-state index contributed by atoms with van der Waals surface area (Å²) in [5.41, 5.74) is 0.847. The van der Waals surface area contributed by atoms with Crippen molar-refractivity contribution in [2.75, 3.05) is 29.0 Å². The molecule has 2 aliphatic rings. The van der Waals surface area contributed by atoms with Crippen molar-refractivity contribution >= 4 is 0 Å². The summed E-state index contributed by atoms with van der Waals surface area (Å²) in [4.78, 5) is 2.52. The Hall–Kier alpha value is 0.690. The first-order valence-corrected chi connectivity index (χ1v) is 7.08. The van der Waals surface area contributed by atoms with Gasteiger partial charge in [0.25, 0.3) is 0 Å². The summed E-state index contributed by atoms with van der Waals surface area (Å²) in [5.74, 6) is 0. The molecule has 2 heterocycles. The van der Waals surface area contributed by atoms with Crippen LogP contribution in [-0.4, -0.2) is 33.9 Å². The van der Waals surface area contributed by atoms with Gasteiger partial charge in [-0.25, -0.2) is 0 Å². The molecule has 0 aromatic carbocycles. The summed E-state index contributed by atoms with van der Waals surface area (Å²) >= 11 is 0.670. The van der Waals surface area contributed by atoms with Crippen LogP contribution in [0, 0.1) is 5.41 Å². The Bertz CT molecular complexity index is 131. The normalized spacial score (nSPS) is 32.9. The molecule has 2 saturated heterocycles. The van der Waals surface area contributed by atoms with Crippen LogP contribution in [0.25, 0.3) is 0 Å². The van der Waals surface area contributed by atoms with Crippen LogP contribution in [0.1, 0.15) is 12.8 Å². The topological polar surface area (TPSA) is 3.24 Å². The van der Waals surface area contributed by atoms with Gasteiger partial charge in [-0.05, 0) is 0 Å². The number of alkyl halides is 2. The van der Waals surface area contributed by atoms with Gasteiger partial charge in [0.1, 0.15) is 0 Å². The number of hydrogen-bond donors (Lipinski definition) is 0. The molecule has 0 atom stereocenters. The summed E-state index contributed by atoms with van der Waals surface area (Å²) in [5, 5.41) is 0. The second-order valence-corrected chi connectivity index (χ2v) is 6.40. The molecule has 0 aliphatic carbocycles. The SMILES string of the molecule is CN1CCCC2(C[I-]C2)C1. The van der Waals surface area contributed by atoms with E-state index in [0.29, 0.717) is 21.2 Å². The van der Waals surface area contributed by atoms with Crippen LogP contribution < -0.4 is 21.2 Å². The van der Waals surface area contributed by atoms with Crippen LogP contribution >= 0.6 is 0 Å². The zero-order chi connectivity index (χ0) is 7.03. The van der Waals surface area contributed by atoms with E-state index in [4.69, 9.17) is 0 Å². The van der Waals surface area contributed by atoms with Crippen LogP contribution in [0.5, 0.6) is 0 Å². The number of likely N-dealkylation sites (tertiary alicyclic amines) is 1. The zero-order valence-corrected chi connectivity index (χ0v) is 8.73. The Morgan fingerprint density at radius 2 is 2.20 bits per heavy atom. The van der Waals surface area contributed by atoms with E-state index in [0.717, 1.165) is 5.41 Å². The van der Waals surface area contributed by atoms with Crippen LogP contribution in [-0.2, 0) is 0 Å². The van der Waals surface area contributed by atoms with Gasteiger partial charge in [-0.2, -0.15) is 0 Å². The molecule has 0 saturated carbocycles. The minimum absolute atomic E-state index is 0.670. The fourth-order valence-electron chi connectivity index (χ4n) is 2.03. The predicted molar refractivity (Wildman–Crippen MR) is 38.9 cm³/mol. The summed E-state index contributed by atoms with van der Waals surface area (Å²) in [6.07, 6.45) is 3.00. The number of nitrogens with zero attached hydrogens (tertiary/aromatic N) is 1. The van der Waals surface area contributed by atoms with Crippen molar-refractivity contribution in [2.45, 2.75) is 12.8 Å². The Kier molecular flexibility index (Phi) is 1.93. The first kappa shape index (κ1) is 7.35. The van der Waals surface area contributed by atoms with Crippen LogP contribution in [0.2, 0.25) is 0 Å². The maximum absolute atomic E-state index is 2.52. The Balaban J connectivity index is 1.96. The van der Waals surface area contributed by atoms with Crippen molar-refractivity contribution < 1.29 is 21.2 Å². The molecule has 2 heteroatoms. The first-order valence-electron chi connectivity index (χ1n) is 4.03. The van der Waals surface area contributed by atoms with Crippen molar-refractivity contribution in [1.82, 2.24) is 4.90 Å².